The van der Waals surface area contributed by atoms with Crippen molar-refractivity contribution in [2.45, 2.75) is 6.92 Å². The summed E-state index contributed by atoms with van der Waals surface area (Å²) in [5, 5.41) is 2.51. The van der Waals surface area contributed by atoms with Gasteiger partial charge in [-0.2, -0.15) is 0 Å². The van der Waals surface area contributed by atoms with Gasteiger partial charge in [-0.15, -0.1) is 11.3 Å². The van der Waals surface area contributed by atoms with Crippen LogP contribution in [0.1, 0.15) is 14.5 Å². The van der Waals surface area contributed by atoms with Crippen molar-refractivity contribution in [3.63, 3.8) is 0 Å². The van der Waals surface area contributed by atoms with E-state index in [1.165, 1.54) is 23.5 Å². The van der Waals surface area contributed by atoms with Crippen LogP contribution < -0.4 is 5.32 Å². The Kier molecular flexibility index (Phi) is 4.93. The SMILES string of the molecule is Cc1ccc(C(=O)OCC(=O)Nc2ccc(F)cc2Cl)s1. The molecule has 110 valence electrons. The summed E-state index contributed by atoms with van der Waals surface area (Å²) in [5.74, 6) is -1.61. The second kappa shape index (κ2) is 6.69. The van der Waals surface area contributed by atoms with Crippen LogP contribution >= 0.6 is 22.9 Å². The number of carbonyl (C=O) groups excluding carboxylic acids is 2. The van der Waals surface area contributed by atoms with Crippen molar-refractivity contribution in [3.05, 3.63) is 50.9 Å². The molecule has 0 bridgehead atoms. The van der Waals surface area contributed by atoms with Crippen molar-refractivity contribution in [3.8, 4) is 0 Å². The van der Waals surface area contributed by atoms with E-state index in [9.17, 15) is 14.0 Å². The molecule has 1 N–H and O–H groups in total. The van der Waals surface area contributed by atoms with E-state index in [-0.39, 0.29) is 10.7 Å². The Morgan fingerprint density at radius 3 is 2.71 bits per heavy atom. The van der Waals surface area contributed by atoms with Crippen LogP contribution in [0.2, 0.25) is 5.02 Å². The molecule has 4 nitrogen and oxygen atoms in total. The number of amides is 1. The first-order chi connectivity index (χ1) is 9.95. The van der Waals surface area contributed by atoms with Gasteiger partial charge in [0.25, 0.3) is 5.91 Å². The molecule has 1 aromatic carbocycles. The Hall–Kier alpha value is -1.92. The summed E-state index contributed by atoms with van der Waals surface area (Å²) < 4.78 is 17.7. The summed E-state index contributed by atoms with van der Waals surface area (Å²) in [4.78, 5) is 24.7. The summed E-state index contributed by atoms with van der Waals surface area (Å²) >= 11 is 7.06. The highest BCUT2D eigenvalue weighted by Crippen LogP contribution is 2.22. The fourth-order valence-electron chi connectivity index (χ4n) is 1.52. The van der Waals surface area contributed by atoms with Gasteiger partial charge in [-0.1, -0.05) is 11.6 Å². The minimum atomic E-state index is -0.562. The quantitative estimate of drug-likeness (QED) is 0.872. The van der Waals surface area contributed by atoms with Crippen molar-refractivity contribution in [2.75, 3.05) is 11.9 Å². The maximum atomic E-state index is 12.9. The molecule has 0 aliphatic carbocycles. The van der Waals surface area contributed by atoms with Gasteiger partial charge in [0.2, 0.25) is 0 Å². The number of rotatable bonds is 4. The first-order valence-electron chi connectivity index (χ1n) is 5.94. The number of esters is 1. The number of carbonyl (C=O) groups is 2. The molecule has 0 unspecified atom stereocenters. The largest absolute Gasteiger partial charge is 0.451 e. The summed E-state index contributed by atoms with van der Waals surface area (Å²) in [6.07, 6.45) is 0. The topological polar surface area (TPSA) is 55.4 Å². The predicted octanol–water partition coefficient (Wildman–Crippen LogP) is 3.64. The third-order valence-electron chi connectivity index (χ3n) is 2.48. The van der Waals surface area contributed by atoms with E-state index >= 15 is 0 Å². The molecule has 2 aromatic rings. The van der Waals surface area contributed by atoms with Crippen LogP contribution in [0, 0.1) is 12.7 Å². The van der Waals surface area contributed by atoms with Gasteiger partial charge in [-0.05, 0) is 37.3 Å². The molecule has 1 amide bonds. The lowest BCUT2D eigenvalue weighted by molar-refractivity contribution is -0.119. The zero-order valence-electron chi connectivity index (χ0n) is 11.0. The lowest BCUT2D eigenvalue weighted by Crippen LogP contribution is -2.20. The van der Waals surface area contributed by atoms with Crippen molar-refractivity contribution in [1.82, 2.24) is 0 Å². The summed E-state index contributed by atoms with van der Waals surface area (Å²) in [6, 6.07) is 7.01. The number of nitrogens with one attached hydrogen (secondary N) is 1. The Bertz CT molecular complexity index is 687. The maximum absolute atomic E-state index is 12.9. The number of thiophene rings is 1. The number of aryl methyl sites for hydroxylation is 1. The van der Waals surface area contributed by atoms with E-state index in [0.29, 0.717) is 4.88 Å². The van der Waals surface area contributed by atoms with E-state index in [0.717, 1.165) is 10.9 Å². The minimum absolute atomic E-state index is 0.0727. The third kappa shape index (κ3) is 4.27. The molecule has 0 fully saturated rings. The Morgan fingerprint density at radius 1 is 1.33 bits per heavy atom. The van der Waals surface area contributed by atoms with Gasteiger partial charge >= 0.3 is 5.97 Å². The average molecular weight is 328 g/mol. The molecule has 0 radical (unpaired) electrons. The molecular weight excluding hydrogens is 317 g/mol. The Balaban J connectivity index is 1.89. The maximum Gasteiger partial charge on any atom is 0.348 e. The van der Waals surface area contributed by atoms with Gasteiger partial charge in [0.05, 0.1) is 10.7 Å². The van der Waals surface area contributed by atoms with Crippen LogP contribution in [0.5, 0.6) is 0 Å². The number of benzene rings is 1. The number of anilines is 1. The fourth-order valence-corrected chi connectivity index (χ4v) is 2.50. The van der Waals surface area contributed by atoms with Gasteiger partial charge < -0.3 is 10.1 Å². The molecule has 1 aromatic heterocycles. The molecule has 21 heavy (non-hydrogen) atoms. The van der Waals surface area contributed by atoms with Crippen molar-refractivity contribution in [2.24, 2.45) is 0 Å². The molecular formula is C14H11ClFNO3S. The van der Waals surface area contributed by atoms with Gasteiger partial charge in [-0.3, -0.25) is 4.79 Å². The van der Waals surface area contributed by atoms with Crippen LogP contribution in [0.3, 0.4) is 0 Å². The molecule has 0 aliphatic heterocycles. The highest BCUT2D eigenvalue weighted by atomic mass is 35.5. The van der Waals surface area contributed by atoms with E-state index in [1.807, 2.05) is 6.92 Å². The average Bonchev–Trinajstić information content (AvgIpc) is 2.86. The number of ether oxygens (including phenoxy) is 1. The zero-order valence-corrected chi connectivity index (χ0v) is 12.6. The first kappa shape index (κ1) is 15.5. The van der Waals surface area contributed by atoms with Crippen LogP contribution in [0.25, 0.3) is 0 Å². The normalized spacial score (nSPS) is 10.2. The van der Waals surface area contributed by atoms with Crippen molar-refractivity contribution < 1.29 is 18.7 Å². The van der Waals surface area contributed by atoms with Crippen molar-refractivity contribution >= 4 is 40.5 Å². The van der Waals surface area contributed by atoms with Crippen LogP contribution in [0.15, 0.2) is 30.3 Å². The predicted molar refractivity (Wildman–Crippen MR) is 79.4 cm³/mol. The summed E-state index contributed by atoms with van der Waals surface area (Å²) in [6.45, 7) is 1.42. The third-order valence-corrected chi connectivity index (χ3v) is 3.77. The molecule has 1 heterocycles. The van der Waals surface area contributed by atoms with E-state index in [1.54, 1.807) is 12.1 Å². The van der Waals surface area contributed by atoms with E-state index in [2.05, 4.69) is 5.32 Å². The first-order valence-corrected chi connectivity index (χ1v) is 7.13. The van der Waals surface area contributed by atoms with Crippen LogP contribution in [0.4, 0.5) is 10.1 Å². The van der Waals surface area contributed by atoms with Gasteiger partial charge in [-0.25, -0.2) is 9.18 Å². The molecule has 0 saturated heterocycles. The van der Waals surface area contributed by atoms with Gasteiger partial charge in [0.1, 0.15) is 10.7 Å². The number of halogens is 2. The van der Waals surface area contributed by atoms with E-state index in [4.69, 9.17) is 16.3 Å². The minimum Gasteiger partial charge on any atom is -0.451 e. The zero-order chi connectivity index (χ0) is 15.4. The summed E-state index contributed by atoms with van der Waals surface area (Å²) in [7, 11) is 0. The lowest BCUT2D eigenvalue weighted by atomic mass is 10.3. The highest BCUT2D eigenvalue weighted by molar-refractivity contribution is 7.13. The van der Waals surface area contributed by atoms with Crippen LogP contribution in [-0.2, 0) is 9.53 Å². The molecule has 0 aliphatic rings. The molecule has 7 heteroatoms. The number of hydrogen-bond donors (Lipinski definition) is 1. The molecule has 0 atom stereocenters. The molecule has 2 rings (SSSR count). The fraction of sp³-hybridized carbons (Fsp3) is 0.143. The van der Waals surface area contributed by atoms with Crippen LogP contribution in [-0.4, -0.2) is 18.5 Å². The highest BCUT2D eigenvalue weighted by Gasteiger charge is 2.13. The summed E-state index contributed by atoms with van der Waals surface area (Å²) in [5.41, 5.74) is 0.256. The number of hydrogen-bond acceptors (Lipinski definition) is 4. The Morgan fingerprint density at radius 2 is 2.10 bits per heavy atom. The smallest absolute Gasteiger partial charge is 0.348 e. The monoisotopic (exact) mass is 327 g/mol. The standard InChI is InChI=1S/C14H11ClFNO3S/c1-8-2-5-12(21-8)14(19)20-7-13(18)17-11-4-3-9(16)6-10(11)15/h2-6H,7H2,1H3,(H,17,18). The van der Waals surface area contributed by atoms with Gasteiger partial charge in [0.15, 0.2) is 6.61 Å². The molecule has 0 saturated carbocycles. The van der Waals surface area contributed by atoms with E-state index < -0.39 is 24.3 Å². The molecule has 0 spiro atoms. The van der Waals surface area contributed by atoms with Gasteiger partial charge in [0, 0.05) is 4.88 Å². The lowest BCUT2D eigenvalue weighted by Gasteiger charge is -2.07. The Labute approximate surface area is 129 Å². The second-order valence-electron chi connectivity index (χ2n) is 4.16. The van der Waals surface area contributed by atoms with Crippen molar-refractivity contribution in [1.29, 1.82) is 0 Å². The second-order valence-corrected chi connectivity index (χ2v) is 5.85.